The largest absolute Gasteiger partial charge is 0.444 e. The average molecular weight is 407 g/mol. The number of hydrogen-bond donors (Lipinski definition) is 0. The molecule has 1 aromatic carbocycles. The van der Waals surface area contributed by atoms with Crippen molar-refractivity contribution in [3.63, 3.8) is 0 Å². The molecule has 0 saturated carbocycles. The molecular formula is C18H25N5O4S. The van der Waals surface area contributed by atoms with Gasteiger partial charge in [-0.2, -0.15) is 0 Å². The minimum absolute atomic E-state index is 0.129. The van der Waals surface area contributed by atoms with Crippen LogP contribution in [0.15, 0.2) is 34.3 Å². The number of hydrogen-bond acceptors (Lipinski definition) is 7. The third kappa shape index (κ3) is 4.32. The van der Waals surface area contributed by atoms with E-state index in [0.717, 1.165) is 18.4 Å². The summed E-state index contributed by atoms with van der Waals surface area (Å²) < 4.78 is 32.6. The topological polar surface area (TPSA) is 107 Å². The molecule has 3 rings (SSSR count). The number of ether oxygens (including phenoxy) is 1. The number of benzene rings is 1. The zero-order chi connectivity index (χ0) is 20.5. The SMILES string of the molecule is Cc1ccc(S(=O)(=O)c2nnnn2C[C@@H]2CCCN2C(=O)OC(C)(C)C)cc1. The lowest BCUT2D eigenvalue weighted by Gasteiger charge is -2.28. The normalized spacial score (nSPS) is 17.7. The Labute approximate surface area is 164 Å². The molecule has 0 unspecified atom stereocenters. The van der Waals surface area contributed by atoms with E-state index in [9.17, 15) is 13.2 Å². The zero-order valence-electron chi connectivity index (χ0n) is 16.5. The van der Waals surface area contributed by atoms with Gasteiger partial charge in [0.1, 0.15) is 5.60 Å². The maximum absolute atomic E-state index is 12.9. The van der Waals surface area contributed by atoms with Gasteiger partial charge in [-0.25, -0.2) is 17.9 Å². The van der Waals surface area contributed by atoms with Crippen molar-refractivity contribution in [3.8, 4) is 0 Å². The monoisotopic (exact) mass is 407 g/mol. The lowest BCUT2D eigenvalue weighted by atomic mass is 10.2. The van der Waals surface area contributed by atoms with E-state index in [1.165, 1.54) is 16.8 Å². The zero-order valence-corrected chi connectivity index (χ0v) is 17.3. The van der Waals surface area contributed by atoms with E-state index in [4.69, 9.17) is 4.74 Å². The predicted molar refractivity (Wildman–Crippen MR) is 100 cm³/mol. The van der Waals surface area contributed by atoms with Gasteiger partial charge in [-0.05, 0) is 63.1 Å². The molecule has 1 atom stereocenters. The van der Waals surface area contributed by atoms with Crippen molar-refractivity contribution in [2.24, 2.45) is 0 Å². The van der Waals surface area contributed by atoms with E-state index >= 15 is 0 Å². The van der Waals surface area contributed by atoms with Crippen molar-refractivity contribution in [3.05, 3.63) is 29.8 Å². The van der Waals surface area contributed by atoms with Gasteiger partial charge in [0.2, 0.25) is 9.84 Å². The molecule has 1 amide bonds. The quantitative estimate of drug-likeness (QED) is 0.765. The summed E-state index contributed by atoms with van der Waals surface area (Å²) in [5, 5.41) is 10.9. The molecule has 0 N–H and O–H groups in total. The number of nitrogens with zero attached hydrogens (tertiary/aromatic N) is 5. The maximum atomic E-state index is 12.9. The highest BCUT2D eigenvalue weighted by molar-refractivity contribution is 7.91. The van der Waals surface area contributed by atoms with Crippen LogP contribution in [0.1, 0.15) is 39.2 Å². The molecule has 152 valence electrons. The highest BCUT2D eigenvalue weighted by Gasteiger charge is 2.34. The van der Waals surface area contributed by atoms with Crippen molar-refractivity contribution in [1.29, 1.82) is 0 Å². The standard InChI is InChI=1S/C18H25N5O4S/c1-13-7-9-15(10-8-13)28(25,26)16-19-20-21-23(16)12-14-6-5-11-22(14)17(24)27-18(2,3)4/h7-10,14H,5-6,11-12H2,1-4H3/t14-/m0/s1. The van der Waals surface area contributed by atoms with E-state index in [1.54, 1.807) is 17.0 Å². The van der Waals surface area contributed by atoms with Crippen LogP contribution in [0.5, 0.6) is 0 Å². The van der Waals surface area contributed by atoms with Crippen LogP contribution in [0.25, 0.3) is 0 Å². The summed E-state index contributed by atoms with van der Waals surface area (Å²) in [5.74, 6) is 0. The van der Waals surface area contributed by atoms with Crippen LogP contribution in [0.2, 0.25) is 0 Å². The molecule has 9 nitrogen and oxygen atoms in total. The van der Waals surface area contributed by atoms with Gasteiger partial charge in [0, 0.05) is 6.54 Å². The number of likely N-dealkylation sites (tertiary alicyclic amines) is 1. The lowest BCUT2D eigenvalue weighted by Crippen LogP contribution is -2.42. The van der Waals surface area contributed by atoms with Crippen LogP contribution < -0.4 is 0 Å². The second-order valence-electron chi connectivity index (χ2n) is 7.93. The molecule has 2 heterocycles. The smallest absolute Gasteiger partial charge is 0.410 e. The number of rotatable bonds is 4. The Hall–Kier alpha value is -2.49. The third-order valence-corrected chi connectivity index (χ3v) is 6.13. The predicted octanol–water partition coefficient (Wildman–Crippen LogP) is 2.21. The van der Waals surface area contributed by atoms with Gasteiger partial charge in [-0.15, -0.1) is 0 Å². The van der Waals surface area contributed by atoms with Crippen LogP contribution in [0.4, 0.5) is 4.79 Å². The summed E-state index contributed by atoms with van der Waals surface area (Å²) in [4.78, 5) is 14.2. The summed E-state index contributed by atoms with van der Waals surface area (Å²) in [5.41, 5.74) is 0.358. The Balaban J connectivity index is 1.82. The molecule has 2 aromatic rings. The van der Waals surface area contributed by atoms with Crippen LogP contribution in [-0.2, 0) is 21.1 Å². The summed E-state index contributed by atoms with van der Waals surface area (Å²) in [6, 6.07) is 6.29. The number of aromatic nitrogens is 4. The molecule has 1 aliphatic heterocycles. The Morgan fingerprint density at radius 2 is 1.93 bits per heavy atom. The molecule has 0 radical (unpaired) electrons. The van der Waals surface area contributed by atoms with Gasteiger partial charge in [0.05, 0.1) is 17.5 Å². The van der Waals surface area contributed by atoms with Crippen LogP contribution in [-0.4, -0.2) is 57.8 Å². The number of sulfone groups is 1. The van der Waals surface area contributed by atoms with Gasteiger partial charge in [0.15, 0.2) is 0 Å². The minimum Gasteiger partial charge on any atom is -0.444 e. The maximum Gasteiger partial charge on any atom is 0.410 e. The summed E-state index contributed by atoms with van der Waals surface area (Å²) in [6.07, 6.45) is 1.13. The molecule has 10 heteroatoms. The number of tetrazole rings is 1. The Morgan fingerprint density at radius 1 is 1.25 bits per heavy atom. The second-order valence-corrected chi connectivity index (χ2v) is 9.77. The first kappa shape index (κ1) is 20.2. The van der Waals surface area contributed by atoms with Crippen LogP contribution >= 0.6 is 0 Å². The number of carbonyl (C=O) groups is 1. The fourth-order valence-electron chi connectivity index (χ4n) is 3.11. The van der Waals surface area contributed by atoms with Gasteiger partial charge in [0.25, 0.3) is 5.16 Å². The molecule has 28 heavy (non-hydrogen) atoms. The molecular weight excluding hydrogens is 382 g/mol. The second kappa shape index (κ2) is 7.50. The van der Waals surface area contributed by atoms with Gasteiger partial charge in [-0.1, -0.05) is 22.8 Å². The van der Waals surface area contributed by atoms with Crippen molar-refractivity contribution < 1.29 is 17.9 Å². The highest BCUT2D eigenvalue weighted by atomic mass is 32.2. The minimum atomic E-state index is -3.86. The fourth-order valence-corrected chi connectivity index (χ4v) is 4.35. The lowest BCUT2D eigenvalue weighted by molar-refractivity contribution is 0.0209. The van der Waals surface area contributed by atoms with Gasteiger partial charge < -0.3 is 9.64 Å². The van der Waals surface area contributed by atoms with Crippen LogP contribution in [0.3, 0.4) is 0 Å². The number of aryl methyl sites for hydroxylation is 1. The Bertz CT molecular complexity index is 947. The van der Waals surface area contributed by atoms with Crippen molar-refractivity contribution in [2.75, 3.05) is 6.54 Å². The first-order chi connectivity index (χ1) is 13.1. The first-order valence-corrected chi connectivity index (χ1v) is 10.6. The Morgan fingerprint density at radius 3 is 2.57 bits per heavy atom. The summed E-state index contributed by atoms with van der Waals surface area (Å²) in [7, 11) is -3.86. The molecule has 1 saturated heterocycles. The van der Waals surface area contributed by atoms with Crippen molar-refractivity contribution in [2.45, 2.75) is 68.8 Å². The molecule has 1 fully saturated rings. The van der Waals surface area contributed by atoms with Gasteiger partial charge >= 0.3 is 6.09 Å². The van der Waals surface area contributed by atoms with E-state index in [2.05, 4.69) is 15.5 Å². The average Bonchev–Trinajstić information content (AvgIpc) is 3.23. The number of amides is 1. The van der Waals surface area contributed by atoms with E-state index in [1.807, 2.05) is 27.7 Å². The Kier molecular flexibility index (Phi) is 5.42. The number of carbonyl (C=O) groups excluding carboxylic acids is 1. The molecule has 1 aliphatic rings. The first-order valence-electron chi connectivity index (χ1n) is 9.15. The molecule has 0 aliphatic carbocycles. The fraction of sp³-hybridized carbons (Fsp3) is 0.556. The highest BCUT2D eigenvalue weighted by Crippen LogP contribution is 2.24. The molecule has 0 bridgehead atoms. The van der Waals surface area contributed by atoms with Crippen molar-refractivity contribution >= 4 is 15.9 Å². The van der Waals surface area contributed by atoms with Crippen molar-refractivity contribution in [1.82, 2.24) is 25.1 Å². The van der Waals surface area contributed by atoms with Gasteiger partial charge in [-0.3, -0.25) is 0 Å². The van der Waals surface area contributed by atoms with E-state index < -0.39 is 21.5 Å². The summed E-state index contributed by atoms with van der Waals surface area (Å²) >= 11 is 0. The van der Waals surface area contributed by atoms with E-state index in [-0.39, 0.29) is 22.6 Å². The van der Waals surface area contributed by atoms with Crippen LogP contribution in [0, 0.1) is 6.92 Å². The van der Waals surface area contributed by atoms with E-state index in [0.29, 0.717) is 6.54 Å². The summed E-state index contributed by atoms with van der Waals surface area (Å²) in [6.45, 7) is 8.05. The molecule has 0 spiro atoms. The molecule has 1 aromatic heterocycles. The third-order valence-electron chi connectivity index (χ3n) is 4.46.